The third-order valence-electron chi connectivity index (χ3n) is 6.28. The van der Waals surface area contributed by atoms with Crippen LogP contribution in [0, 0.1) is 5.92 Å². The van der Waals surface area contributed by atoms with Crippen molar-refractivity contribution in [3.05, 3.63) is 63.6 Å². The van der Waals surface area contributed by atoms with Crippen LogP contribution in [0.5, 0.6) is 0 Å². The van der Waals surface area contributed by atoms with Crippen molar-refractivity contribution in [1.82, 2.24) is 14.5 Å². The number of carbonyl (C=O) groups excluding carboxylic acids is 1. The molecular formula is C24H28Cl2N4O3S. The van der Waals surface area contributed by atoms with Crippen molar-refractivity contribution in [2.24, 2.45) is 10.9 Å². The van der Waals surface area contributed by atoms with E-state index in [-0.39, 0.29) is 33.3 Å². The average molecular weight is 523 g/mol. The molecule has 10 heteroatoms. The molecule has 4 rings (SSSR count). The van der Waals surface area contributed by atoms with E-state index in [0.717, 1.165) is 36.5 Å². The van der Waals surface area contributed by atoms with Crippen LogP contribution in [-0.2, 0) is 21.2 Å². The summed E-state index contributed by atoms with van der Waals surface area (Å²) in [5.41, 5.74) is 2.19. The minimum atomic E-state index is -3.84. The summed E-state index contributed by atoms with van der Waals surface area (Å²) in [6, 6.07) is 12.7. The number of benzene rings is 2. The zero-order valence-corrected chi connectivity index (χ0v) is 21.3. The van der Waals surface area contributed by atoms with E-state index in [1.165, 1.54) is 10.4 Å². The first-order chi connectivity index (χ1) is 16.3. The van der Waals surface area contributed by atoms with Gasteiger partial charge in [-0.15, -0.1) is 0 Å². The van der Waals surface area contributed by atoms with Crippen LogP contribution in [0.2, 0.25) is 10.0 Å². The molecule has 182 valence electrons. The third-order valence-corrected chi connectivity index (χ3v) is 9.12. The third kappa shape index (κ3) is 5.40. The van der Waals surface area contributed by atoms with Crippen LogP contribution in [0.3, 0.4) is 0 Å². The van der Waals surface area contributed by atoms with Gasteiger partial charge in [0.05, 0.1) is 22.5 Å². The predicted octanol–water partition coefficient (Wildman–Crippen LogP) is 3.45. The van der Waals surface area contributed by atoms with Gasteiger partial charge in [-0.3, -0.25) is 9.79 Å². The molecular weight excluding hydrogens is 495 g/mol. The zero-order chi connectivity index (χ0) is 24.3. The standard InChI is InChI=1S/C24H28Cl2N4O3S/c1-29(15-11-17-7-9-18(10-8-17)23-27-12-13-28-23)24(31)19-4-3-14-30(16-19)34(32,33)21-6-2-5-20(25)22(21)26/h2,5-10,19H,3-4,11-16H2,1H3,(H,27,28). The maximum Gasteiger partial charge on any atom is 0.244 e. The van der Waals surface area contributed by atoms with Gasteiger partial charge in [-0.2, -0.15) is 4.31 Å². The van der Waals surface area contributed by atoms with Crippen LogP contribution >= 0.6 is 23.2 Å². The van der Waals surface area contributed by atoms with Crippen molar-refractivity contribution in [2.45, 2.75) is 24.2 Å². The van der Waals surface area contributed by atoms with E-state index in [4.69, 9.17) is 23.2 Å². The Bertz CT molecular complexity index is 1190. The van der Waals surface area contributed by atoms with Gasteiger partial charge in [-0.1, -0.05) is 53.5 Å². The first-order valence-corrected chi connectivity index (χ1v) is 13.5. The highest BCUT2D eigenvalue weighted by molar-refractivity contribution is 7.89. The van der Waals surface area contributed by atoms with Crippen molar-refractivity contribution in [3.8, 4) is 0 Å². The number of nitrogens with one attached hydrogen (secondary N) is 1. The predicted molar refractivity (Wildman–Crippen MR) is 135 cm³/mol. The Labute approximate surface area is 210 Å². The number of aliphatic imine (C=N–C) groups is 1. The molecule has 0 aliphatic carbocycles. The molecule has 2 aromatic carbocycles. The van der Waals surface area contributed by atoms with Gasteiger partial charge in [0.25, 0.3) is 0 Å². The quantitative estimate of drug-likeness (QED) is 0.603. The molecule has 1 N–H and O–H groups in total. The smallest absolute Gasteiger partial charge is 0.244 e. The van der Waals surface area contributed by atoms with Gasteiger partial charge in [-0.05, 0) is 37.0 Å². The van der Waals surface area contributed by atoms with Crippen LogP contribution in [0.25, 0.3) is 0 Å². The fourth-order valence-corrected chi connectivity index (χ4v) is 6.58. The second kappa shape index (κ2) is 10.6. The van der Waals surface area contributed by atoms with Crippen LogP contribution in [0.1, 0.15) is 24.0 Å². The molecule has 1 amide bonds. The first kappa shape index (κ1) is 25.0. The molecule has 1 unspecified atom stereocenters. The molecule has 34 heavy (non-hydrogen) atoms. The molecule has 1 saturated heterocycles. The second-order valence-electron chi connectivity index (χ2n) is 8.62. The summed E-state index contributed by atoms with van der Waals surface area (Å²) in [6.07, 6.45) is 1.98. The van der Waals surface area contributed by atoms with Crippen LogP contribution in [0.4, 0.5) is 0 Å². The lowest BCUT2D eigenvalue weighted by molar-refractivity contribution is -0.135. The topological polar surface area (TPSA) is 82.1 Å². The minimum absolute atomic E-state index is 0.0107. The van der Waals surface area contributed by atoms with E-state index in [1.807, 2.05) is 12.1 Å². The van der Waals surface area contributed by atoms with Crippen molar-refractivity contribution < 1.29 is 13.2 Å². The SMILES string of the molecule is CN(CCc1ccc(C2=NCCN2)cc1)C(=O)C1CCCN(S(=O)(=O)c2cccc(Cl)c2Cl)C1. The van der Waals surface area contributed by atoms with Gasteiger partial charge in [-0.25, -0.2) is 8.42 Å². The summed E-state index contributed by atoms with van der Waals surface area (Å²) in [4.78, 5) is 19.2. The summed E-state index contributed by atoms with van der Waals surface area (Å²) >= 11 is 12.2. The Kier molecular flexibility index (Phi) is 7.82. The fraction of sp³-hybridized carbons (Fsp3) is 0.417. The number of carbonyl (C=O) groups is 1. The zero-order valence-electron chi connectivity index (χ0n) is 19.0. The monoisotopic (exact) mass is 522 g/mol. The molecule has 2 aliphatic heterocycles. The molecule has 0 radical (unpaired) electrons. The molecule has 0 spiro atoms. The Morgan fingerprint density at radius 2 is 1.97 bits per heavy atom. The number of halogens is 2. The molecule has 1 atom stereocenters. The highest BCUT2D eigenvalue weighted by Gasteiger charge is 2.35. The van der Waals surface area contributed by atoms with Crippen molar-refractivity contribution >= 4 is 45.0 Å². The maximum absolute atomic E-state index is 13.2. The lowest BCUT2D eigenvalue weighted by Crippen LogP contribution is -2.46. The summed E-state index contributed by atoms with van der Waals surface area (Å²) in [5.74, 6) is 0.494. The van der Waals surface area contributed by atoms with Gasteiger partial charge in [0, 0.05) is 38.8 Å². The number of nitrogens with zero attached hydrogens (tertiary/aromatic N) is 3. The summed E-state index contributed by atoms with van der Waals surface area (Å²) in [6.45, 7) is 2.72. The Balaban J connectivity index is 1.36. The molecule has 0 saturated carbocycles. The van der Waals surface area contributed by atoms with E-state index in [1.54, 1.807) is 24.1 Å². The maximum atomic E-state index is 13.2. The molecule has 2 heterocycles. The van der Waals surface area contributed by atoms with Crippen LogP contribution in [0.15, 0.2) is 52.4 Å². The lowest BCUT2D eigenvalue weighted by Gasteiger charge is -2.33. The molecule has 0 aromatic heterocycles. The Morgan fingerprint density at radius 3 is 2.68 bits per heavy atom. The molecule has 7 nitrogen and oxygen atoms in total. The van der Waals surface area contributed by atoms with Crippen molar-refractivity contribution in [2.75, 3.05) is 39.8 Å². The van der Waals surface area contributed by atoms with Crippen LogP contribution < -0.4 is 5.32 Å². The highest BCUT2D eigenvalue weighted by atomic mass is 35.5. The first-order valence-electron chi connectivity index (χ1n) is 11.3. The number of amidine groups is 1. The number of likely N-dealkylation sites (N-methyl/N-ethyl adjacent to an activating group) is 1. The van der Waals surface area contributed by atoms with Crippen molar-refractivity contribution in [1.29, 1.82) is 0 Å². The Morgan fingerprint density at radius 1 is 1.21 bits per heavy atom. The number of sulfonamides is 1. The van der Waals surface area contributed by atoms with Gasteiger partial charge in [0.15, 0.2) is 0 Å². The minimum Gasteiger partial charge on any atom is -0.368 e. The number of rotatable bonds is 7. The van der Waals surface area contributed by atoms with Gasteiger partial charge < -0.3 is 10.2 Å². The van der Waals surface area contributed by atoms with E-state index < -0.39 is 10.0 Å². The van der Waals surface area contributed by atoms with Gasteiger partial charge >= 0.3 is 0 Å². The molecule has 2 aromatic rings. The Hall–Kier alpha value is -2.13. The number of piperidine rings is 1. The highest BCUT2D eigenvalue weighted by Crippen LogP contribution is 2.33. The number of amides is 1. The van der Waals surface area contributed by atoms with E-state index in [9.17, 15) is 13.2 Å². The largest absolute Gasteiger partial charge is 0.368 e. The van der Waals surface area contributed by atoms with Crippen molar-refractivity contribution in [3.63, 3.8) is 0 Å². The lowest BCUT2D eigenvalue weighted by atomic mass is 9.98. The fourth-order valence-electron chi connectivity index (χ4n) is 4.32. The normalized spacial score (nSPS) is 18.9. The number of hydrogen-bond acceptors (Lipinski definition) is 5. The number of hydrogen-bond donors (Lipinski definition) is 1. The summed E-state index contributed by atoms with van der Waals surface area (Å²) < 4.78 is 27.7. The second-order valence-corrected chi connectivity index (χ2v) is 11.3. The van der Waals surface area contributed by atoms with E-state index >= 15 is 0 Å². The molecule has 1 fully saturated rings. The van der Waals surface area contributed by atoms with E-state index in [0.29, 0.717) is 25.9 Å². The summed E-state index contributed by atoms with van der Waals surface area (Å²) in [7, 11) is -2.07. The van der Waals surface area contributed by atoms with Gasteiger partial charge in [0.1, 0.15) is 10.7 Å². The summed E-state index contributed by atoms with van der Waals surface area (Å²) in [5, 5.41) is 3.46. The molecule has 2 aliphatic rings. The van der Waals surface area contributed by atoms with Crippen LogP contribution in [-0.4, -0.2) is 69.1 Å². The van der Waals surface area contributed by atoms with E-state index in [2.05, 4.69) is 22.4 Å². The molecule has 0 bridgehead atoms. The average Bonchev–Trinajstić information content (AvgIpc) is 3.39. The van der Waals surface area contributed by atoms with Gasteiger partial charge in [0.2, 0.25) is 15.9 Å².